The minimum absolute atomic E-state index is 0.283. The van der Waals surface area contributed by atoms with E-state index in [9.17, 15) is 9.50 Å². The third kappa shape index (κ3) is 4.77. The quantitative estimate of drug-likeness (QED) is 0.904. The fraction of sp³-hybridized carbons (Fsp3) is 0.647. The van der Waals surface area contributed by atoms with Gasteiger partial charge < -0.3 is 10.0 Å². The van der Waals surface area contributed by atoms with Crippen molar-refractivity contribution >= 4 is 0 Å². The Morgan fingerprint density at radius 1 is 1.38 bits per heavy atom. The maximum absolute atomic E-state index is 13.2. The third-order valence-electron chi connectivity index (χ3n) is 4.42. The molecular formula is C17H27FN2O. The maximum Gasteiger partial charge on any atom is 0.123 e. The molecule has 118 valence electrons. The second kappa shape index (κ2) is 7.87. The molecule has 21 heavy (non-hydrogen) atoms. The molecule has 4 heteroatoms. The smallest absolute Gasteiger partial charge is 0.123 e. The summed E-state index contributed by atoms with van der Waals surface area (Å²) in [6, 6.07) is 6.84. The average molecular weight is 294 g/mol. The van der Waals surface area contributed by atoms with Crippen LogP contribution in [0.25, 0.3) is 0 Å². The lowest BCUT2D eigenvalue weighted by Gasteiger charge is -2.30. The second-order valence-electron chi connectivity index (χ2n) is 6.07. The molecule has 1 heterocycles. The summed E-state index contributed by atoms with van der Waals surface area (Å²) < 4.78 is 13.2. The minimum atomic E-state index is -0.584. The third-order valence-corrected chi connectivity index (χ3v) is 4.42. The van der Waals surface area contributed by atoms with Crippen molar-refractivity contribution in [2.45, 2.75) is 38.3 Å². The van der Waals surface area contributed by atoms with Gasteiger partial charge in [0.2, 0.25) is 0 Å². The highest BCUT2D eigenvalue weighted by atomic mass is 19.1. The van der Waals surface area contributed by atoms with E-state index in [0.717, 1.165) is 32.6 Å². The van der Waals surface area contributed by atoms with E-state index in [0.29, 0.717) is 18.0 Å². The van der Waals surface area contributed by atoms with Crippen molar-refractivity contribution in [3.8, 4) is 0 Å². The van der Waals surface area contributed by atoms with Crippen molar-refractivity contribution in [3.63, 3.8) is 0 Å². The molecule has 1 aliphatic rings. The SMILES string of the molecule is CCC1CN(C)CCCN1CCC(O)c1cccc(F)c1. The standard InChI is InChI=1S/C17H27FN2O/c1-3-16-13-19(2)9-5-10-20(16)11-8-17(21)14-6-4-7-15(18)12-14/h4,6-7,12,16-17,21H,3,5,8-11,13H2,1-2H3. The molecule has 0 saturated carbocycles. The van der Waals surface area contributed by atoms with Crippen LogP contribution in [0.4, 0.5) is 4.39 Å². The first-order valence-corrected chi connectivity index (χ1v) is 7.96. The van der Waals surface area contributed by atoms with Crippen molar-refractivity contribution in [2.24, 2.45) is 0 Å². The first-order valence-electron chi connectivity index (χ1n) is 7.96. The van der Waals surface area contributed by atoms with Crippen LogP contribution in [0.5, 0.6) is 0 Å². The first kappa shape index (κ1) is 16.4. The van der Waals surface area contributed by atoms with Crippen LogP contribution in [0.1, 0.15) is 37.9 Å². The second-order valence-corrected chi connectivity index (χ2v) is 6.07. The van der Waals surface area contributed by atoms with Crippen LogP contribution in [0.15, 0.2) is 24.3 Å². The predicted molar refractivity (Wildman–Crippen MR) is 83.7 cm³/mol. The van der Waals surface area contributed by atoms with Gasteiger partial charge in [-0.3, -0.25) is 4.90 Å². The maximum atomic E-state index is 13.2. The molecule has 0 radical (unpaired) electrons. The molecule has 0 aliphatic carbocycles. The number of rotatable bonds is 5. The molecule has 1 fully saturated rings. The molecule has 1 aliphatic heterocycles. The highest BCUT2D eigenvalue weighted by molar-refractivity contribution is 5.18. The van der Waals surface area contributed by atoms with Crippen LogP contribution in [0.2, 0.25) is 0 Å². The largest absolute Gasteiger partial charge is 0.388 e. The summed E-state index contributed by atoms with van der Waals surface area (Å²) in [5.74, 6) is -0.283. The molecule has 2 unspecified atom stereocenters. The predicted octanol–water partition coefficient (Wildman–Crippen LogP) is 2.67. The van der Waals surface area contributed by atoms with Crippen molar-refractivity contribution < 1.29 is 9.50 Å². The Bertz CT molecular complexity index is 441. The monoisotopic (exact) mass is 294 g/mol. The summed E-state index contributed by atoms with van der Waals surface area (Å²) >= 11 is 0. The Labute approximate surface area is 127 Å². The van der Waals surface area contributed by atoms with Gasteiger partial charge in [-0.2, -0.15) is 0 Å². The van der Waals surface area contributed by atoms with Gasteiger partial charge in [-0.25, -0.2) is 4.39 Å². The Balaban J connectivity index is 1.91. The van der Waals surface area contributed by atoms with Crippen molar-refractivity contribution in [2.75, 3.05) is 33.2 Å². The van der Waals surface area contributed by atoms with Crippen LogP contribution in [0, 0.1) is 5.82 Å². The number of aliphatic hydroxyl groups excluding tert-OH is 1. The van der Waals surface area contributed by atoms with Crippen LogP contribution in [0.3, 0.4) is 0 Å². The summed E-state index contributed by atoms with van der Waals surface area (Å²) in [6.07, 6.45) is 2.37. The van der Waals surface area contributed by atoms with Crippen molar-refractivity contribution in [1.29, 1.82) is 0 Å². The molecule has 2 rings (SSSR count). The highest BCUT2D eigenvalue weighted by Gasteiger charge is 2.22. The number of halogens is 1. The Kier molecular flexibility index (Phi) is 6.15. The molecule has 3 nitrogen and oxygen atoms in total. The van der Waals surface area contributed by atoms with Gasteiger partial charge in [-0.05, 0) is 57.1 Å². The molecule has 0 bridgehead atoms. The van der Waals surface area contributed by atoms with E-state index in [2.05, 4.69) is 23.8 Å². The number of benzene rings is 1. The van der Waals surface area contributed by atoms with Gasteiger partial charge in [-0.15, -0.1) is 0 Å². The summed E-state index contributed by atoms with van der Waals surface area (Å²) in [7, 11) is 2.17. The van der Waals surface area contributed by atoms with E-state index in [1.807, 2.05) is 0 Å². The van der Waals surface area contributed by atoms with Gasteiger partial charge in [0.05, 0.1) is 6.10 Å². The van der Waals surface area contributed by atoms with E-state index in [4.69, 9.17) is 0 Å². The van der Waals surface area contributed by atoms with Gasteiger partial charge >= 0.3 is 0 Å². The number of hydrogen-bond acceptors (Lipinski definition) is 3. The van der Waals surface area contributed by atoms with Gasteiger partial charge in [0, 0.05) is 19.1 Å². The lowest BCUT2D eigenvalue weighted by atomic mass is 10.1. The minimum Gasteiger partial charge on any atom is -0.388 e. The van der Waals surface area contributed by atoms with Gasteiger partial charge in [0.25, 0.3) is 0 Å². The summed E-state index contributed by atoms with van der Waals surface area (Å²) in [4.78, 5) is 4.86. The van der Waals surface area contributed by atoms with Crippen molar-refractivity contribution in [1.82, 2.24) is 9.80 Å². The van der Waals surface area contributed by atoms with E-state index >= 15 is 0 Å². The molecule has 1 aromatic carbocycles. The normalized spacial score (nSPS) is 23.0. The van der Waals surface area contributed by atoms with E-state index in [1.54, 1.807) is 12.1 Å². The molecule has 1 aromatic rings. The number of likely N-dealkylation sites (N-methyl/N-ethyl adjacent to an activating group) is 1. The molecular weight excluding hydrogens is 267 g/mol. The summed E-state index contributed by atoms with van der Waals surface area (Å²) in [5.41, 5.74) is 0.676. The number of aliphatic hydroxyl groups is 1. The lowest BCUT2D eigenvalue weighted by Crippen LogP contribution is -2.40. The molecule has 0 amide bonds. The zero-order chi connectivity index (χ0) is 15.2. The zero-order valence-corrected chi connectivity index (χ0v) is 13.1. The van der Waals surface area contributed by atoms with Gasteiger partial charge in [0.15, 0.2) is 0 Å². The fourth-order valence-corrected chi connectivity index (χ4v) is 3.14. The summed E-state index contributed by atoms with van der Waals surface area (Å²) in [5, 5.41) is 10.3. The molecule has 1 saturated heterocycles. The first-order chi connectivity index (χ1) is 10.1. The van der Waals surface area contributed by atoms with Crippen molar-refractivity contribution in [3.05, 3.63) is 35.6 Å². The Hall–Kier alpha value is -0.970. The van der Waals surface area contributed by atoms with Crippen LogP contribution in [-0.4, -0.2) is 54.2 Å². The van der Waals surface area contributed by atoms with Gasteiger partial charge in [-0.1, -0.05) is 19.1 Å². The number of nitrogens with zero attached hydrogens (tertiary/aromatic N) is 2. The molecule has 2 atom stereocenters. The van der Waals surface area contributed by atoms with E-state index < -0.39 is 6.10 Å². The lowest BCUT2D eigenvalue weighted by molar-refractivity contribution is 0.120. The highest BCUT2D eigenvalue weighted by Crippen LogP contribution is 2.20. The van der Waals surface area contributed by atoms with Crippen LogP contribution < -0.4 is 0 Å². The van der Waals surface area contributed by atoms with Crippen LogP contribution >= 0.6 is 0 Å². The molecule has 0 spiro atoms. The average Bonchev–Trinajstić information content (AvgIpc) is 2.65. The van der Waals surface area contributed by atoms with Gasteiger partial charge in [0.1, 0.15) is 5.82 Å². The summed E-state index contributed by atoms with van der Waals surface area (Å²) in [6.45, 7) is 6.40. The Morgan fingerprint density at radius 3 is 2.90 bits per heavy atom. The topological polar surface area (TPSA) is 26.7 Å². The fourth-order valence-electron chi connectivity index (χ4n) is 3.14. The number of hydrogen-bond donors (Lipinski definition) is 1. The molecule has 1 N–H and O–H groups in total. The molecule has 0 aromatic heterocycles. The van der Waals surface area contributed by atoms with Crippen LogP contribution in [-0.2, 0) is 0 Å². The zero-order valence-electron chi connectivity index (χ0n) is 13.1. The van der Waals surface area contributed by atoms with E-state index in [-0.39, 0.29) is 5.82 Å². The van der Waals surface area contributed by atoms with E-state index in [1.165, 1.54) is 18.6 Å². The Morgan fingerprint density at radius 2 is 2.19 bits per heavy atom.